The number of hydrogen-bond acceptors (Lipinski definition) is 4. The fraction of sp³-hybridized carbons (Fsp3) is 0.538. The monoisotopic (exact) mass is 264 g/mol. The van der Waals surface area contributed by atoms with Crippen molar-refractivity contribution in [1.29, 1.82) is 0 Å². The Balaban J connectivity index is 2.41. The SMILES string of the molecule is CCn1cc(C(O)c2c(OC)cnn2C(C)C)cn1. The molecule has 0 spiro atoms. The second-order valence-electron chi connectivity index (χ2n) is 4.67. The Morgan fingerprint density at radius 3 is 2.58 bits per heavy atom. The molecule has 0 saturated carbocycles. The number of aliphatic hydroxyl groups excluding tert-OH is 1. The summed E-state index contributed by atoms with van der Waals surface area (Å²) in [6.45, 7) is 6.80. The molecule has 0 amide bonds. The summed E-state index contributed by atoms with van der Waals surface area (Å²) in [7, 11) is 1.58. The molecular formula is C13H20N4O2. The quantitative estimate of drug-likeness (QED) is 0.894. The third kappa shape index (κ3) is 2.49. The van der Waals surface area contributed by atoms with E-state index in [2.05, 4.69) is 10.2 Å². The minimum atomic E-state index is -0.792. The van der Waals surface area contributed by atoms with Crippen molar-refractivity contribution >= 4 is 0 Å². The summed E-state index contributed by atoms with van der Waals surface area (Å²) >= 11 is 0. The van der Waals surface area contributed by atoms with Crippen molar-refractivity contribution < 1.29 is 9.84 Å². The van der Waals surface area contributed by atoms with Crippen LogP contribution >= 0.6 is 0 Å². The summed E-state index contributed by atoms with van der Waals surface area (Å²) in [6.07, 6.45) is 4.34. The van der Waals surface area contributed by atoms with Gasteiger partial charge in [0.25, 0.3) is 0 Å². The topological polar surface area (TPSA) is 65.1 Å². The molecule has 19 heavy (non-hydrogen) atoms. The van der Waals surface area contributed by atoms with Gasteiger partial charge in [0, 0.05) is 24.3 Å². The summed E-state index contributed by atoms with van der Waals surface area (Å²) in [5.74, 6) is 0.588. The molecule has 1 atom stereocenters. The Labute approximate surface area is 112 Å². The zero-order valence-corrected chi connectivity index (χ0v) is 11.7. The Morgan fingerprint density at radius 1 is 1.32 bits per heavy atom. The van der Waals surface area contributed by atoms with Crippen LogP contribution in [0.4, 0.5) is 0 Å². The summed E-state index contributed by atoms with van der Waals surface area (Å²) in [4.78, 5) is 0. The van der Waals surface area contributed by atoms with Crippen molar-refractivity contribution in [3.8, 4) is 5.75 Å². The van der Waals surface area contributed by atoms with Gasteiger partial charge in [0.1, 0.15) is 11.8 Å². The number of nitrogens with zero attached hydrogens (tertiary/aromatic N) is 4. The molecule has 2 heterocycles. The summed E-state index contributed by atoms with van der Waals surface area (Å²) in [5, 5.41) is 19.0. The maximum Gasteiger partial charge on any atom is 0.163 e. The van der Waals surface area contributed by atoms with E-state index >= 15 is 0 Å². The number of rotatable bonds is 5. The van der Waals surface area contributed by atoms with Crippen molar-refractivity contribution in [2.45, 2.75) is 39.5 Å². The molecule has 6 heteroatoms. The molecule has 0 aliphatic rings. The van der Waals surface area contributed by atoms with Gasteiger partial charge in [-0.25, -0.2) is 0 Å². The molecule has 0 aromatic carbocycles. The molecule has 0 saturated heterocycles. The van der Waals surface area contributed by atoms with Gasteiger partial charge in [-0.15, -0.1) is 0 Å². The highest BCUT2D eigenvalue weighted by molar-refractivity contribution is 5.33. The van der Waals surface area contributed by atoms with Gasteiger partial charge in [0.2, 0.25) is 0 Å². The lowest BCUT2D eigenvalue weighted by atomic mass is 10.1. The minimum Gasteiger partial charge on any atom is -0.493 e. The molecule has 2 rings (SSSR count). The van der Waals surface area contributed by atoms with Crippen molar-refractivity contribution in [3.05, 3.63) is 29.8 Å². The smallest absolute Gasteiger partial charge is 0.163 e. The zero-order valence-electron chi connectivity index (χ0n) is 11.7. The molecule has 1 unspecified atom stereocenters. The molecule has 0 fully saturated rings. The first kappa shape index (κ1) is 13.6. The zero-order chi connectivity index (χ0) is 14.0. The van der Waals surface area contributed by atoms with Crippen molar-refractivity contribution in [2.75, 3.05) is 7.11 Å². The molecule has 0 aliphatic heterocycles. The second kappa shape index (κ2) is 5.44. The van der Waals surface area contributed by atoms with Gasteiger partial charge >= 0.3 is 0 Å². The van der Waals surface area contributed by atoms with Crippen molar-refractivity contribution in [3.63, 3.8) is 0 Å². The van der Waals surface area contributed by atoms with Crippen molar-refractivity contribution in [2.24, 2.45) is 0 Å². The maximum atomic E-state index is 10.5. The first-order valence-electron chi connectivity index (χ1n) is 6.40. The molecular weight excluding hydrogens is 244 g/mol. The lowest BCUT2D eigenvalue weighted by Gasteiger charge is -2.16. The Morgan fingerprint density at radius 2 is 2.05 bits per heavy atom. The van der Waals surface area contributed by atoms with E-state index in [-0.39, 0.29) is 6.04 Å². The number of aliphatic hydroxyl groups is 1. The standard InChI is InChI=1S/C13H20N4O2/c1-5-16-8-10(6-14-16)13(18)12-11(19-4)7-15-17(12)9(2)3/h6-9,13,18H,5H2,1-4H3. The van der Waals surface area contributed by atoms with Crippen LogP contribution in [0.15, 0.2) is 18.6 Å². The summed E-state index contributed by atoms with van der Waals surface area (Å²) in [5.41, 5.74) is 1.40. The first-order chi connectivity index (χ1) is 9.08. The molecule has 6 nitrogen and oxygen atoms in total. The third-order valence-electron chi connectivity index (χ3n) is 3.06. The van der Waals surface area contributed by atoms with E-state index in [0.29, 0.717) is 11.4 Å². The lowest BCUT2D eigenvalue weighted by molar-refractivity contribution is 0.199. The first-order valence-corrected chi connectivity index (χ1v) is 6.40. The van der Waals surface area contributed by atoms with Crippen LogP contribution in [0.3, 0.4) is 0 Å². The van der Waals surface area contributed by atoms with E-state index in [9.17, 15) is 5.11 Å². The van der Waals surface area contributed by atoms with Gasteiger partial charge in [0.15, 0.2) is 5.75 Å². The second-order valence-corrected chi connectivity index (χ2v) is 4.67. The molecule has 2 aromatic rings. The van der Waals surface area contributed by atoms with Gasteiger partial charge in [-0.05, 0) is 20.8 Å². The summed E-state index contributed by atoms with van der Waals surface area (Å²) < 4.78 is 8.83. The molecule has 104 valence electrons. The van der Waals surface area contributed by atoms with E-state index in [1.165, 1.54) is 0 Å². The minimum absolute atomic E-state index is 0.148. The molecule has 2 aromatic heterocycles. The van der Waals surface area contributed by atoms with Gasteiger partial charge in [0.05, 0.1) is 19.5 Å². The van der Waals surface area contributed by atoms with E-state index in [4.69, 9.17) is 4.74 Å². The van der Waals surface area contributed by atoms with Gasteiger partial charge in [-0.3, -0.25) is 9.36 Å². The molecule has 0 radical (unpaired) electrons. The highest BCUT2D eigenvalue weighted by atomic mass is 16.5. The Bertz CT molecular complexity index is 545. The molecule has 1 N–H and O–H groups in total. The number of aryl methyl sites for hydroxylation is 1. The van der Waals surface area contributed by atoms with Crippen LogP contribution in [0, 0.1) is 0 Å². The van der Waals surface area contributed by atoms with Crippen LogP contribution in [0.5, 0.6) is 5.75 Å². The maximum absolute atomic E-state index is 10.5. The average molecular weight is 264 g/mol. The van der Waals surface area contributed by atoms with E-state index in [1.54, 1.807) is 28.9 Å². The molecule has 0 bridgehead atoms. The number of ether oxygens (including phenoxy) is 1. The third-order valence-corrected chi connectivity index (χ3v) is 3.06. The van der Waals surface area contributed by atoms with Crippen LogP contribution in [-0.2, 0) is 6.54 Å². The van der Waals surface area contributed by atoms with Gasteiger partial charge in [-0.2, -0.15) is 10.2 Å². The van der Waals surface area contributed by atoms with Crippen LogP contribution in [0.25, 0.3) is 0 Å². The molecule has 0 aliphatic carbocycles. The summed E-state index contributed by atoms with van der Waals surface area (Å²) in [6, 6.07) is 0.148. The van der Waals surface area contributed by atoms with Crippen LogP contribution < -0.4 is 4.74 Å². The number of methoxy groups -OCH3 is 1. The number of aromatic nitrogens is 4. The fourth-order valence-corrected chi connectivity index (χ4v) is 2.04. The van der Waals surface area contributed by atoms with E-state index in [0.717, 1.165) is 12.1 Å². The normalized spacial score (nSPS) is 12.9. The predicted octanol–water partition coefficient (Wildman–Crippen LogP) is 1.77. The van der Waals surface area contributed by atoms with Crippen molar-refractivity contribution in [1.82, 2.24) is 19.6 Å². The highest BCUT2D eigenvalue weighted by Gasteiger charge is 2.23. The Hall–Kier alpha value is -1.82. The lowest BCUT2D eigenvalue weighted by Crippen LogP contribution is -2.12. The highest BCUT2D eigenvalue weighted by Crippen LogP contribution is 2.31. The van der Waals surface area contributed by atoms with Gasteiger partial charge in [-0.1, -0.05) is 0 Å². The largest absolute Gasteiger partial charge is 0.493 e. The fourth-order valence-electron chi connectivity index (χ4n) is 2.04. The van der Waals surface area contributed by atoms with E-state index in [1.807, 2.05) is 27.0 Å². The predicted molar refractivity (Wildman–Crippen MR) is 71.1 cm³/mol. The van der Waals surface area contributed by atoms with Crippen LogP contribution in [-0.4, -0.2) is 31.8 Å². The Kier molecular flexibility index (Phi) is 3.90. The number of hydrogen-bond donors (Lipinski definition) is 1. The van der Waals surface area contributed by atoms with Gasteiger partial charge < -0.3 is 9.84 Å². The van der Waals surface area contributed by atoms with Crippen LogP contribution in [0.2, 0.25) is 0 Å². The van der Waals surface area contributed by atoms with Crippen LogP contribution in [0.1, 0.15) is 44.2 Å². The van der Waals surface area contributed by atoms with E-state index < -0.39 is 6.10 Å². The average Bonchev–Trinajstić information content (AvgIpc) is 3.03.